The molecule has 0 bridgehead atoms. The Labute approximate surface area is 81.5 Å². The normalized spacial score (nSPS) is 12.4. The highest BCUT2D eigenvalue weighted by atomic mass is 16.4. The smallest absolute Gasteiger partial charge is 0.306 e. The van der Waals surface area contributed by atoms with Crippen LogP contribution in [0.15, 0.2) is 23.0 Å². The molecule has 1 rings (SSSR count). The molecule has 0 saturated heterocycles. The van der Waals surface area contributed by atoms with Gasteiger partial charge in [0.2, 0.25) is 0 Å². The summed E-state index contributed by atoms with van der Waals surface area (Å²) in [6, 6.07) is 1.58. The number of rotatable bonds is 5. The fourth-order valence-corrected chi connectivity index (χ4v) is 1.04. The second-order valence-corrected chi connectivity index (χ2v) is 3.21. The van der Waals surface area contributed by atoms with E-state index in [9.17, 15) is 9.59 Å². The van der Waals surface area contributed by atoms with Crippen LogP contribution in [-0.4, -0.2) is 16.9 Å². The monoisotopic (exact) mass is 196 g/mol. The summed E-state index contributed by atoms with van der Waals surface area (Å²) in [5, 5.41) is 8.60. The van der Waals surface area contributed by atoms with Gasteiger partial charge in [0.15, 0.2) is 5.78 Å². The number of Topliss-reactive ketones (excluding diaryl/α,β-unsaturated/α-hetero) is 1. The predicted octanol–water partition coefficient (Wildman–Crippen LogP) is 1.96. The van der Waals surface area contributed by atoms with Crippen molar-refractivity contribution in [1.82, 2.24) is 0 Å². The molecule has 4 heteroatoms. The molecule has 0 amide bonds. The number of ketones is 1. The first-order valence-corrected chi connectivity index (χ1v) is 4.39. The van der Waals surface area contributed by atoms with Crippen molar-refractivity contribution < 1.29 is 19.1 Å². The quantitative estimate of drug-likeness (QED) is 0.731. The van der Waals surface area contributed by atoms with Gasteiger partial charge in [0.25, 0.3) is 0 Å². The van der Waals surface area contributed by atoms with Gasteiger partial charge in [0.05, 0.1) is 17.7 Å². The molecule has 1 aromatic heterocycles. The SMILES string of the molecule is CC(CCC(=O)c1ccoc1)C(=O)O. The average molecular weight is 196 g/mol. The molecule has 0 fully saturated rings. The topological polar surface area (TPSA) is 67.5 Å². The van der Waals surface area contributed by atoms with Crippen molar-refractivity contribution >= 4 is 11.8 Å². The summed E-state index contributed by atoms with van der Waals surface area (Å²) in [5.41, 5.74) is 0.502. The van der Waals surface area contributed by atoms with Crippen LogP contribution < -0.4 is 0 Å². The summed E-state index contributed by atoms with van der Waals surface area (Å²) < 4.78 is 4.75. The molecule has 1 unspecified atom stereocenters. The number of furan rings is 1. The van der Waals surface area contributed by atoms with Crippen LogP contribution in [0.2, 0.25) is 0 Å². The third kappa shape index (κ3) is 2.73. The summed E-state index contributed by atoms with van der Waals surface area (Å²) >= 11 is 0. The summed E-state index contributed by atoms with van der Waals surface area (Å²) in [6.45, 7) is 1.59. The lowest BCUT2D eigenvalue weighted by Crippen LogP contribution is -2.11. The summed E-state index contributed by atoms with van der Waals surface area (Å²) in [4.78, 5) is 21.8. The Kier molecular flexibility index (Phi) is 3.45. The van der Waals surface area contributed by atoms with Crippen molar-refractivity contribution in [2.24, 2.45) is 5.92 Å². The second-order valence-electron chi connectivity index (χ2n) is 3.21. The number of hydrogen-bond donors (Lipinski definition) is 1. The molecular formula is C10H12O4. The van der Waals surface area contributed by atoms with Crippen molar-refractivity contribution in [2.45, 2.75) is 19.8 Å². The molecule has 4 nitrogen and oxygen atoms in total. The summed E-state index contributed by atoms with van der Waals surface area (Å²) in [5.74, 6) is -1.43. The van der Waals surface area contributed by atoms with Crippen molar-refractivity contribution in [1.29, 1.82) is 0 Å². The third-order valence-electron chi connectivity index (χ3n) is 2.07. The molecule has 1 N–H and O–H groups in total. The maximum Gasteiger partial charge on any atom is 0.306 e. The Bertz CT molecular complexity index is 313. The van der Waals surface area contributed by atoms with Crippen LogP contribution in [-0.2, 0) is 4.79 Å². The highest BCUT2D eigenvalue weighted by molar-refractivity contribution is 5.95. The van der Waals surface area contributed by atoms with E-state index in [2.05, 4.69) is 0 Å². The van der Waals surface area contributed by atoms with Gasteiger partial charge in [0.1, 0.15) is 6.26 Å². The van der Waals surface area contributed by atoms with E-state index in [-0.39, 0.29) is 12.2 Å². The zero-order chi connectivity index (χ0) is 10.6. The number of aliphatic carboxylic acids is 1. The number of hydrogen-bond acceptors (Lipinski definition) is 3. The standard InChI is InChI=1S/C10H12O4/c1-7(10(12)13)2-3-9(11)8-4-5-14-6-8/h4-7H,2-3H2,1H3,(H,12,13). The van der Waals surface area contributed by atoms with Crippen LogP contribution in [0.25, 0.3) is 0 Å². The lowest BCUT2D eigenvalue weighted by atomic mass is 10.0. The first-order chi connectivity index (χ1) is 6.61. The molecule has 0 saturated carbocycles. The molecule has 0 aliphatic heterocycles. The Hall–Kier alpha value is -1.58. The van der Waals surface area contributed by atoms with E-state index in [1.54, 1.807) is 13.0 Å². The molecule has 0 aromatic carbocycles. The Morgan fingerprint density at radius 3 is 2.79 bits per heavy atom. The van der Waals surface area contributed by atoms with E-state index in [0.717, 1.165) is 0 Å². The minimum Gasteiger partial charge on any atom is -0.481 e. The molecule has 1 atom stereocenters. The molecule has 0 aliphatic rings. The van der Waals surface area contributed by atoms with E-state index in [1.807, 2.05) is 0 Å². The Balaban J connectivity index is 2.40. The molecule has 1 heterocycles. The van der Waals surface area contributed by atoms with E-state index in [4.69, 9.17) is 9.52 Å². The van der Waals surface area contributed by atoms with Crippen LogP contribution >= 0.6 is 0 Å². The molecule has 0 radical (unpaired) electrons. The van der Waals surface area contributed by atoms with Crippen LogP contribution in [0.3, 0.4) is 0 Å². The van der Waals surface area contributed by atoms with Crippen molar-refractivity contribution in [3.8, 4) is 0 Å². The van der Waals surface area contributed by atoms with Gasteiger partial charge in [-0.15, -0.1) is 0 Å². The van der Waals surface area contributed by atoms with Gasteiger partial charge in [-0.25, -0.2) is 0 Å². The van der Waals surface area contributed by atoms with Gasteiger partial charge in [-0.2, -0.15) is 0 Å². The number of carboxylic acids is 1. The van der Waals surface area contributed by atoms with Gasteiger partial charge in [0, 0.05) is 6.42 Å². The van der Waals surface area contributed by atoms with Gasteiger partial charge < -0.3 is 9.52 Å². The minimum absolute atomic E-state index is 0.0770. The van der Waals surface area contributed by atoms with Gasteiger partial charge in [-0.1, -0.05) is 6.92 Å². The van der Waals surface area contributed by atoms with Crippen LogP contribution in [0, 0.1) is 5.92 Å². The van der Waals surface area contributed by atoms with Crippen LogP contribution in [0.5, 0.6) is 0 Å². The molecule has 0 aliphatic carbocycles. The fourth-order valence-electron chi connectivity index (χ4n) is 1.04. The zero-order valence-electron chi connectivity index (χ0n) is 7.90. The van der Waals surface area contributed by atoms with E-state index in [1.165, 1.54) is 12.5 Å². The maximum atomic E-state index is 11.4. The highest BCUT2D eigenvalue weighted by Gasteiger charge is 2.14. The lowest BCUT2D eigenvalue weighted by Gasteiger charge is -2.03. The van der Waals surface area contributed by atoms with Crippen molar-refractivity contribution in [3.63, 3.8) is 0 Å². The summed E-state index contributed by atoms with van der Waals surface area (Å²) in [7, 11) is 0. The zero-order valence-corrected chi connectivity index (χ0v) is 7.90. The highest BCUT2D eigenvalue weighted by Crippen LogP contribution is 2.11. The van der Waals surface area contributed by atoms with Crippen molar-refractivity contribution in [2.75, 3.05) is 0 Å². The lowest BCUT2D eigenvalue weighted by molar-refractivity contribution is -0.141. The molecule has 14 heavy (non-hydrogen) atoms. The molecular weight excluding hydrogens is 184 g/mol. The van der Waals surface area contributed by atoms with Gasteiger partial charge in [-0.05, 0) is 12.5 Å². The number of carboxylic acid groups (broad SMARTS) is 1. The minimum atomic E-state index is -0.870. The number of carbonyl (C=O) groups is 2. The van der Waals surface area contributed by atoms with E-state index in [0.29, 0.717) is 12.0 Å². The first-order valence-electron chi connectivity index (χ1n) is 4.39. The predicted molar refractivity (Wildman–Crippen MR) is 49.1 cm³/mol. The van der Waals surface area contributed by atoms with Gasteiger partial charge >= 0.3 is 5.97 Å². The van der Waals surface area contributed by atoms with Crippen LogP contribution in [0.4, 0.5) is 0 Å². The maximum absolute atomic E-state index is 11.4. The molecule has 76 valence electrons. The van der Waals surface area contributed by atoms with Crippen LogP contribution in [0.1, 0.15) is 30.1 Å². The first kappa shape index (κ1) is 10.5. The van der Waals surface area contributed by atoms with E-state index >= 15 is 0 Å². The molecule has 0 spiro atoms. The van der Waals surface area contributed by atoms with Crippen molar-refractivity contribution in [3.05, 3.63) is 24.2 Å². The Morgan fingerprint density at radius 2 is 2.29 bits per heavy atom. The van der Waals surface area contributed by atoms with Gasteiger partial charge in [-0.3, -0.25) is 9.59 Å². The molecule has 1 aromatic rings. The largest absolute Gasteiger partial charge is 0.481 e. The third-order valence-corrected chi connectivity index (χ3v) is 2.07. The Morgan fingerprint density at radius 1 is 1.57 bits per heavy atom. The second kappa shape index (κ2) is 4.60. The summed E-state index contributed by atoms with van der Waals surface area (Å²) in [6.07, 6.45) is 3.40. The average Bonchev–Trinajstić information content (AvgIpc) is 2.66. The van der Waals surface area contributed by atoms with E-state index < -0.39 is 11.9 Å². The number of carbonyl (C=O) groups excluding carboxylic acids is 1. The fraction of sp³-hybridized carbons (Fsp3) is 0.400.